The molecule has 0 aliphatic heterocycles. The molecule has 4 aromatic rings. The van der Waals surface area contributed by atoms with Gasteiger partial charge in [-0.15, -0.1) is 0 Å². The van der Waals surface area contributed by atoms with Crippen LogP contribution in [-0.2, 0) is 6.54 Å². The Hall–Kier alpha value is -2.73. The van der Waals surface area contributed by atoms with Crippen LogP contribution in [0.2, 0.25) is 0 Å². The molecular weight excluding hydrogens is 402 g/mol. The van der Waals surface area contributed by atoms with Crippen LogP contribution < -0.4 is 5.73 Å². The van der Waals surface area contributed by atoms with Crippen molar-refractivity contribution in [3.05, 3.63) is 81.8 Å². The van der Waals surface area contributed by atoms with Crippen LogP contribution in [0.25, 0.3) is 21.8 Å². The molecule has 1 aromatic heterocycles. The van der Waals surface area contributed by atoms with Crippen molar-refractivity contribution in [2.45, 2.75) is 6.54 Å². The molecule has 3 nitrogen and oxygen atoms in total. The molecule has 0 unspecified atom stereocenters. The summed E-state index contributed by atoms with van der Waals surface area (Å²) in [6.07, 6.45) is 0. The van der Waals surface area contributed by atoms with Crippen LogP contribution in [0, 0.1) is 17.7 Å². The second-order valence-electron chi connectivity index (χ2n) is 5.94. The number of primary amides is 1. The van der Waals surface area contributed by atoms with Gasteiger partial charge in [0.25, 0.3) is 0 Å². The van der Waals surface area contributed by atoms with E-state index < -0.39 is 11.7 Å². The highest BCUT2D eigenvalue weighted by molar-refractivity contribution is 9.10. The van der Waals surface area contributed by atoms with Gasteiger partial charge in [0.2, 0.25) is 5.91 Å². The fourth-order valence-corrected chi connectivity index (χ4v) is 3.64. The summed E-state index contributed by atoms with van der Waals surface area (Å²) in [5.74, 6) is -1.43. The van der Waals surface area contributed by atoms with Gasteiger partial charge in [-0.25, -0.2) is 8.78 Å². The van der Waals surface area contributed by atoms with E-state index in [0.29, 0.717) is 37.4 Å². The van der Waals surface area contributed by atoms with Crippen LogP contribution >= 0.6 is 15.9 Å². The predicted molar refractivity (Wildman–Crippen MR) is 100.0 cm³/mol. The average Bonchev–Trinajstić information content (AvgIpc) is 2.93. The second-order valence-corrected chi connectivity index (χ2v) is 6.79. The van der Waals surface area contributed by atoms with Gasteiger partial charge in [0.15, 0.2) is 0 Å². The van der Waals surface area contributed by atoms with Crippen molar-refractivity contribution < 1.29 is 13.6 Å². The van der Waals surface area contributed by atoms with Crippen molar-refractivity contribution in [3.8, 4) is 0 Å². The van der Waals surface area contributed by atoms with Crippen molar-refractivity contribution in [2.75, 3.05) is 0 Å². The third-order valence-electron chi connectivity index (χ3n) is 4.38. The molecule has 26 heavy (non-hydrogen) atoms. The third-order valence-corrected chi connectivity index (χ3v) is 5.15. The summed E-state index contributed by atoms with van der Waals surface area (Å²) >= 11 is 3.40. The summed E-state index contributed by atoms with van der Waals surface area (Å²) in [5.41, 5.74) is 7.38. The first kappa shape index (κ1) is 16.7. The molecule has 4 rings (SSSR count). The number of amides is 1. The van der Waals surface area contributed by atoms with E-state index in [1.807, 2.05) is 0 Å². The molecule has 0 aliphatic carbocycles. The zero-order valence-electron chi connectivity index (χ0n) is 13.4. The molecule has 0 saturated heterocycles. The topological polar surface area (TPSA) is 48.0 Å². The molecule has 129 valence electrons. The van der Waals surface area contributed by atoms with Crippen molar-refractivity contribution >= 4 is 43.6 Å². The highest BCUT2D eigenvalue weighted by Crippen LogP contribution is 2.34. The third kappa shape index (κ3) is 2.57. The van der Waals surface area contributed by atoms with Crippen molar-refractivity contribution in [2.24, 2.45) is 5.73 Å². The smallest absolute Gasteiger partial charge is 0.249 e. The van der Waals surface area contributed by atoms with E-state index >= 15 is 0 Å². The lowest BCUT2D eigenvalue weighted by Gasteiger charge is -2.10. The first-order chi connectivity index (χ1) is 12.5. The molecule has 0 atom stereocenters. The molecule has 0 fully saturated rings. The zero-order chi connectivity index (χ0) is 18.4. The van der Waals surface area contributed by atoms with Crippen LogP contribution in [0.3, 0.4) is 0 Å². The largest absolute Gasteiger partial charge is 0.366 e. The van der Waals surface area contributed by atoms with Gasteiger partial charge in [-0.05, 0) is 48.0 Å². The quantitative estimate of drug-likeness (QED) is 0.515. The average molecular weight is 414 g/mol. The molecule has 1 amide bonds. The van der Waals surface area contributed by atoms with Crippen molar-refractivity contribution in [1.29, 1.82) is 0 Å². The van der Waals surface area contributed by atoms with E-state index in [4.69, 9.17) is 5.73 Å². The summed E-state index contributed by atoms with van der Waals surface area (Å²) in [7, 11) is 0. The monoisotopic (exact) mass is 413 g/mol. The van der Waals surface area contributed by atoms with E-state index in [1.165, 1.54) is 24.3 Å². The Morgan fingerprint density at radius 3 is 2.77 bits per heavy atom. The molecule has 0 spiro atoms. The van der Waals surface area contributed by atoms with Gasteiger partial charge in [-0.2, -0.15) is 0 Å². The molecule has 6 heteroatoms. The van der Waals surface area contributed by atoms with Gasteiger partial charge in [-0.3, -0.25) is 4.79 Å². The number of carbonyl (C=O) groups excluding carboxylic acids is 1. The van der Waals surface area contributed by atoms with Crippen LogP contribution in [-0.4, -0.2) is 10.5 Å². The number of carbonyl (C=O) groups is 1. The summed E-state index contributed by atoms with van der Waals surface area (Å²) in [4.78, 5) is 11.9. The number of nitrogens with two attached hydrogens (primary N) is 1. The number of benzene rings is 3. The van der Waals surface area contributed by atoms with Gasteiger partial charge in [0.1, 0.15) is 11.6 Å². The molecule has 0 aliphatic rings. The molecule has 2 N–H and O–H groups in total. The number of hydrogen-bond donors (Lipinski definition) is 1. The minimum atomic E-state index is -0.598. The number of aromatic nitrogens is 1. The Morgan fingerprint density at radius 1 is 1.19 bits per heavy atom. The van der Waals surface area contributed by atoms with E-state index in [-0.39, 0.29) is 12.4 Å². The van der Waals surface area contributed by atoms with Crippen molar-refractivity contribution in [1.82, 2.24) is 4.57 Å². The maximum absolute atomic E-state index is 14.7. The Bertz CT molecular complexity index is 1180. The van der Waals surface area contributed by atoms with Crippen LogP contribution in [0.15, 0.2) is 53.0 Å². The molecule has 0 bridgehead atoms. The van der Waals surface area contributed by atoms with Gasteiger partial charge < -0.3 is 10.3 Å². The minimum Gasteiger partial charge on any atom is -0.366 e. The molecular formula is C20H12BrF2N2O. The highest BCUT2D eigenvalue weighted by Gasteiger charge is 2.19. The van der Waals surface area contributed by atoms with E-state index in [2.05, 4.69) is 22.0 Å². The van der Waals surface area contributed by atoms with E-state index in [9.17, 15) is 13.6 Å². The van der Waals surface area contributed by atoms with Crippen LogP contribution in [0.4, 0.5) is 8.78 Å². The number of nitrogens with zero attached hydrogens (tertiary/aromatic N) is 1. The summed E-state index contributed by atoms with van der Waals surface area (Å²) in [6.45, 7) is 0.218. The maximum atomic E-state index is 14.7. The summed E-state index contributed by atoms with van der Waals surface area (Å²) in [5, 5.41) is 1.02. The van der Waals surface area contributed by atoms with Crippen molar-refractivity contribution in [3.63, 3.8) is 0 Å². The maximum Gasteiger partial charge on any atom is 0.249 e. The Balaban J connectivity index is 2.09. The first-order valence-corrected chi connectivity index (χ1v) is 8.61. The van der Waals surface area contributed by atoms with Crippen LogP contribution in [0.1, 0.15) is 15.9 Å². The number of rotatable bonds is 3. The van der Waals surface area contributed by atoms with Gasteiger partial charge in [0, 0.05) is 27.4 Å². The minimum absolute atomic E-state index is 0.218. The zero-order valence-corrected chi connectivity index (χ0v) is 15.0. The normalized spacial score (nSPS) is 11.3. The Morgan fingerprint density at radius 2 is 2.00 bits per heavy atom. The highest BCUT2D eigenvalue weighted by atomic mass is 79.9. The van der Waals surface area contributed by atoms with Gasteiger partial charge in [-0.1, -0.05) is 28.1 Å². The number of halogens is 3. The molecule has 3 aromatic carbocycles. The Kier molecular flexibility index (Phi) is 4.00. The fraction of sp³-hybridized carbons (Fsp3) is 0.0500. The molecule has 0 saturated carbocycles. The lowest BCUT2D eigenvalue weighted by molar-refractivity contribution is 0.100. The Labute approximate surface area is 156 Å². The van der Waals surface area contributed by atoms with E-state index in [0.717, 1.165) is 0 Å². The van der Waals surface area contributed by atoms with Crippen LogP contribution in [0.5, 0.6) is 0 Å². The second kappa shape index (κ2) is 6.21. The summed E-state index contributed by atoms with van der Waals surface area (Å²) in [6, 6.07) is 15.2. The lowest BCUT2D eigenvalue weighted by Crippen LogP contribution is -2.11. The fourth-order valence-electron chi connectivity index (χ4n) is 3.27. The number of fused-ring (bicyclic) bond motifs is 3. The lowest BCUT2D eigenvalue weighted by atomic mass is 10.1. The van der Waals surface area contributed by atoms with E-state index in [1.54, 1.807) is 28.8 Å². The van der Waals surface area contributed by atoms with Gasteiger partial charge in [0.05, 0.1) is 11.0 Å². The summed E-state index contributed by atoms with van der Waals surface area (Å²) < 4.78 is 30.8. The SMILES string of the molecule is NC(=O)c1cccc2c1c1[c]ccc(F)c1n2Cc1cc(F)ccc1Br. The molecule has 1 heterocycles. The molecule has 1 radical (unpaired) electrons. The van der Waals surface area contributed by atoms with Gasteiger partial charge >= 0.3 is 0 Å². The standard InChI is InChI=1S/C20H12BrF2N2O/c21-15-8-7-12(22)9-11(15)10-25-17-6-2-4-14(20(24)26)18(17)13-3-1-5-16(23)19(13)25/h1-2,4-9H,10H2,(H2,24,26). The number of hydrogen-bond acceptors (Lipinski definition) is 1. The first-order valence-electron chi connectivity index (χ1n) is 7.82. The predicted octanol–water partition coefficient (Wildman–Crippen LogP) is 4.78.